The fourth-order valence-corrected chi connectivity index (χ4v) is 3.81. The number of aryl methyl sites for hydroxylation is 1. The maximum absolute atomic E-state index is 12.6. The maximum Gasteiger partial charge on any atom is 0.290 e. The Morgan fingerprint density at radius 1 is 1.16 bits per heavy atom. The van der Waals surface area contributed by atoms with Crippen molar-refractivity contribution in [2.45, 2.75) is 0 Å². The van der Waals surface area contributed by atoms with Gasteiger partial charge in [-0.25, -0.2) is 13.1 Å². The number of nitrogens with zero attached hydrogens (tertiary/aromatic N) is 2. The van der Waals surface area contributed by atoms with Crippen molar-refractivity contribution in [3.05, 3.63) is 70.6 Å². The molecular formula is C21H19N5O5S. The number of fused-ring (bicyclic) bond motifs is 1. The number of carbonyl (C=O) groups excluding carboxylic acids is 1. The van der Waals surface area contributed by atoms with Crippen molar-refractivity contribution in [2.24, 2.45) is 12.8 Å². The van der Waals surface area contributed by atoms with Gasteiger partial charge in [-0.3, -0.25) is 14.3 Å². The summed E-state index contributed by atoms with van der Waals surface area (Å²) in [6.07, 6.45) is 1.04. The van der Waals surface area contributed by atoms with E-state index in [1.54, 1.807) is 30.3 Å². The van der Waals surface area contributed by atoms with Gasteiger partial charge in [0.2, 0.25) is 10.0 Å². The first-order valence-electron chi connectivity index (χ1n) is 9.37. The van der Waals surface area contributed by atoms with E-state index in [-0.39, 0.29) is 16.9 Å². The molecule has 0 aliphatic carbocycles. The Morgan fingerprint density at radius 3 is 2.53 bits per heavy atom. The molecule has 164 valence electrons. The summed E-state index contributed by atoms with van der Waals surface area (Å²) in [5.74, 6) is 0.178. The fourth-order valence-electron chi connectivity index (χ4n) is 3.25. The molecule has 2 aromatic heterocycles. The van der Waals surface area contributed by atoms with Crippen LogP contribution in [-0.2, 0) is 17.1 Å². The summed E-state index contributed by atoms with van der Waals surface area (Å²) in [5, 5.41) is 4.70. The van der Waals surface area contributed by atoms with E-state index in [4.69, 9.17) is 10.5 Å². The largest absolute Gasteiger partial charge is 0.457 e. The number of aromatic nitrogens is 3. The van der Waals surface area contributed by atoms with Crippen molar-refractivity contribution >= 4 is 32.5 Å². The van der Waals surface area contributed by atoms with Gasteiger partial charge in [0.1, 0.15) is 28.4 Å². The number of nitrogens with two attached hydrogens (primary N) is 1. The number of aromatic amines is 1. The van der Waals surface area contributed by atoms with E-state index in [9.17, 15) is 18.0 Å². The molecule has 4 rings (SSSR count). The molecule has 2 heterocycles. The number of sulfonamides is 1. The molecule has 0 aliphatic heterocycles. The lowest BCUT2D eigenvalue weighted by Crippen LogP contribution is -2.20. The molecule has 0 atom stereocenters. The summed E-state index contributed by atoms with van der Waals surface area (Å²) >= 11 is 0. The van der Waals surface area contributed by atoms with Crippen molar-refractivity contribution in [2.75, 3.05) is 11.0 Å². The van der Waals surface area contributed by atoms with Crippen molar-refractivity contribution in [3.8, 4) is 22.8 Å². The highest BCUT2D eigenvalue weighted by atomic mass is 32.2. The molecule has 0 aliphatic rings. The predicted molar refractivity (Wildman–Crippen MR) is 120 cm³/mol. The SMILES string of the molecule is Cn1nc(-c2cc(NS(C)(=O)=O)ccc2Oc2ccccc2)c2cc(C(N)=O)[nH]c2c1=O. The molecule has 4 aromatic rings. The molecule has 1 amide bonds. The van der Waals surface area contributed by atoms with Crippen LogP contribution in [0, 0.1) is 0 Å². The zero-order chi connectivity index (χ0) is 23.0. The Hall–Kier alpha value is -4.12. The lowest BCUT2D eigenvalue weighted by atomic mass is 10.1. The molecule has 32 heavy (non-hydrogen) atoms. The third kappa shape index (κ3) is 4.18. The molecule has 0 spiro atoms. The van der Waals surface area contributed by atoms with E-state index in [0.717, 1.165) is 10.9 Å². The number of H-pyrrole nitrogens is 1. The first-order chi connectivity index (χ1) is 15.1. The molecule has 0 saturated heterocycles. The van der Waals surface area contributed by atoms with Gasteiger partial charge in [-0.2, -0.15) is 5.10 Å². The Labute approximate surface area is 182 Å². The van der Waals surface area contributed by atoms with Crippen LogP contribution in [0.15, 0.2) is 59.4 Å². The molecule has 2 aromatic carbocycles. The van der Waals surface area contributed by atoms with Gasteiger partial charge < -0.3 is 15.5 Å². The number of anilines is 1. The Morgan fingerprint density at radius 2 is 1.88 bits per heavy atom. The van der Waals surface area contributed by atoms with Crippen LogP contribution >= 0.6 is 0 Å². The van der Waals surface area contributed by atoms with E-state index in [1.165, 1.54) is 13.1 Å². The number of hydrogen-bond acceptors (Lipinski definition) is 6. The summed E-state index contributed by atoms with van der Waals surface area (Å²) in [4.78, 5) is 27.0. The van der Waals surface area contributed by atoms with Gasteiger partial charge in [-0.1, -0.05) is 18.2 Å². The summed E-state index contributed by atoms with van der Waals surface area (Å²) in [6.45, 7) is 0. The highest BCUT2D eigenvalue weighted by molar-refractivity contribution is 7.92. The lowest BCUT2D eigenvalue weighted by Gasteiger charge is -2.14. The van der Waals surface area contributed by atoms with Gasteiger partial charge in [0.25, 0.3) is 11.5 Å². The van der Waals surface area contributed by atoms with Crippen molar-refractivity contribution in [1.82, 2.24) is 14.8 Å². The summed E-state index contributed by atoms with van der Waals surface area (Å²) in [6, 6.07) is 15.1. The minimum atomic E-state index is -3.55. The van der Waals surface area contributed by atoms with E-state index in [1.807, 2.05) is 18.2 Å². The Balaban J connectivity index is 1.99. The number of amides is 1. The predicted octanol–water partition coefficient (Wildman–Crippen LogP) is 2.19. The van der Waals surface area contributed by atoms with Crippen molar-refractivity contribution in [3.63, 3.8) is 0 Å². The fraction of sp³-hybridized carbons (Fsp3) is 0.0952. The molecule has 0 saturated carbocycles. The highest BCUT2D eigenvalue weighted by Crippen LogP contribution is 2.37. The molecule has 0 radical (unpaired) electrons. The van der Waals surface area contributed by atoms with Crippen LogP contribution in [0.1, 0.15) is 10.5 Å². The minimum Gasteiger partial charge on any atom is -0.457 e. The van der Waals surface area contributed by atoms with Crippen LogP contribution in [0.2, 0.25) is 0 Å². The van der Waals surface area contributed by atoms with Crippen LogP contribution in [0.5, 0.6) is 11.5 Å². The average Bonchev–Trinajstić information content (AvgIpc) is 3.18. The second-order valence-corrected chi connectivity index (χ2v) is 8.86. The molecule has 11 heteroatoms. The Kier molecular flexibility index (Phi) is 5.18. The number of para-hydroxylation sites is 1. The van der Waals surface area contributed by atoms with Gasteiger partial charge >= 0.3 is 0 Å². The molecular weight excluding hydrogens is 434 g/mol. The number of carbonyl (C=O) groups is 1. The number of benzene rings is 2. The van der Waals surface area contributed by atoms with Gasteiger partial charge in [-0.05, 0) is 36.4 Å². The molecule has 0 fully saturated rings. The van der Waals surface area contributed by atoms with E-state index in [2.05, 4.69) is 14.8 Å². The summed E-state index contributed by atoms with van der Waals surface area (Å²) < 4.78 is 33.1. The zero-order valence-electron chi connectivity index (χ0n) is 17.1. The normalized spacial score (nSPS) is 11.4. The third-order valence-electron chi connectivity index (χ3n) is 4.60. The van der Waals surface area contributed by atoms with E-state index < -0.39 is 21.5 Å². The van der Waals surface area contributed by atoms with E-state index in [0.29, 0.717) is 28.1 Å². The van der Waals surface area contributed by atoms with Gasteiger partial charge in [0.15, 0.2) is 0 Å². The second kappa shape index (κ2) is 7.85. The first kappa shape index (κ1) is 21.1. The maximum atomic E-state index is 12.6. The van der Waals surface area contributed by atoms with Crippen LogP contribution < -0.4 is 20.8 Å². The monoisotopic (exact) mass is 453 g/mol. The number of primary amides is 1. The van der Waals surface area contributed by atoms with Gasteiger partial charge in [0, 0.05) is 23.7 Å². The van der Waals surface area contributed by atoms with E-state index >= 15 is 0 Å². The average molecular weight is 453 g/mol. The number of ether oxygens (including phenoxy) is 1. The van der Waals surface area contributed by atoms with Crippen LogP contribution in [0.25, 0.3) is 22.2 Å². The first-order valence-corrected chi connectivity index (χ1v) is 11.3. The number of nitrogens with one attached hydrogen (secondary N) is 2. The molecule has 0 bridgehead atoms. The highest BCUT2D eigenvalue weighted by Gasteiger charge is 2.20. The van der Waals surface area contributed by atoms with Crippen molar-refractivity contribution < 1.29 is 17.9 Å². The quantitative estimate of drug-likeness (QED) is 0.407. The van der Waals surface area contributed by atoms with Crippen LogP contribution in [-0.4, -0.2) is 35.3 Å². The number of hydrogen-bond donors (Lipinski definition) is 3. The Bertz CT molecular complexity index is 1510. The minimum absolute atomic E-state index is 0.0438. The summed E-state index contributed by atoms with van der Waals surface area (Å²) in [5.41, 5.74) is 6.09. The van der Waals surface area contributed by atoms with Crippen LogP contribution in [0.3, 0.4) is 0 Å². The molecule has 4 N–H and O–H groups in total. The molecule has 10 nitrogen and oxygen atoms in total. The number of rotatable bonds is 6. The molecule has 0 unspecified atom stereocenters. The van der Waals surface area contributed by atoms with Crippen LogP contribution in [0.4, 0.5) is 5.69 Å². The lowest BCUT2D eigenvalue weighted by molar-refractivity contribution is 0.0996. The van der Waals surface area contributed by atoms with Gasteiger partial charge in [-0.15, -0.1) is 0 Å². The smallest absolute Gasteiger partial charge is 0.290 e. The van der Waals surface area contributed by atoms with Gasteiger partial charge in [0.05, 0.1) is 6.26 Å². The topological polar surface area (TPSA) is 149 Å². The zero-order valence-corrected chi connectivity index (χ0v) is 17.9. The summed E-state index contributed by atoms with van der Waals surface area (Å²) in [7, 11) is -2.08. The third-order valence-corrected chi connectivity index (χ3v) is 5.21. The van der Waals surface area contributed by atoms with Crippen molar-refractivity contribution in [1.29, 1.82) is 0 Å². The standard InChI is InChI=1S/C21H19N5O5S/c1-26-21(28)19-15(11-16(23-19)20(22)27)18(24-26)14-10-12(25-32(2,29)30)8-9-17(14)31-13-6-4-3-5-7-13/h3-11,23,25H,1-2H3,(H2,22,27). The second-order valence-electron chi connectivity index (χ2n) is 7.11.